The standard InChI is InChI=1S/C18H25N3O3/c1-13(2)17(22)21-15-7-5-6-14(10-15)11-19-18(23)20-12-16-8-3-4-9-24-16/h4-7,9-10,13,16H,3,8,11-12H2,1-2H3,(H,21,22)(H2,19,20,23). The first-order valence-corrected chi connectivity index (χ1v) is 8.26. The summed E-state index contributed by atoms with van der Waals surface area (Å²) in [5.41, 5.74) is 1.65. The lowest BCUT2D eigenvalue weighted by molar-refractivity contribution is -0.118. The van der Waals surface area contributed by atoms with Crippen LogP contribution in [0.1, 0.15) is 32.3 Å². The van der Waals surface area contributed by atoms with Crippen molar-refractivity contribution in [2.45, 2.75) is 39.3 Å². The molecule has 0 bridgehead atoms. The Morgan fingerprint density at radius 3 is 2.83 bits per heavy atom. The zero-order valence-corrected chi connectivity index (χ0v) is 14.2. The van der Waals surface area contributed by atoms with Crippen LogP contribution in [0.4, 0.5) is 10.5 Å². The highest BCUT2D eigenvalue weighted by molar-refractivity contribution is 5.92. The summed E-state index contributed by atoms with van der Waals surface area (Å²) < 4.78 is 5.40. The minimum Gasteiger partial charge on any atom is -0.497 e. The molecular weight excluding hydrogens is 306 g/mol. The fraction of sp³-hybridized carbons (Fsp3) is 0.444. The first-order valence-electron chi connectivity index (χ1n) is 8.26. The Morgan fingerprint density at radius 1 is 1.29 bits per heavy atom. The van der Waals surface area contributed by atoms with Crippen molar-refractivity contribution in [2.24, 2.45) is 5.92 Å². The predicted molar refractivity (Wildman–Crippen MR) is 93.4 cm³/mol. The van der Waals surface area contributed by atoms with Crippen molar-refractivity contribution in [3.63, 3.8) is 0 Å². The molecule has 3 amide bonds. The number of rotatable bonds is 6. The number of hydrogen-bond donors (Lipinski definition) is 3. The number of hydrogen-bond acceptors (Lipinski definition) is 3. The van der Waals surface area contributed by atoms with E-state index in [1.54, 1.807) is 6.26 Å². The number of amides is 3. The monoisotopic (exact) mass is 331 g/mol. The second-order valence-corrected chi connectivity index (χ2v) is 6.12. The maximum atomic E-state index is 11.8. The molecule has 6 nitrogen and oxygen atoms in total. The molecule has 1 aliphatic rings. The minimum absolute atomic E-state index is 0.0283. The quantitative estimate of drug-likeness (QED) is 0.750. The lowest BCUT2D eigenvalue weighted by Crippen LogP contribution is -2.40. The van der Waals surface area contributed by atoms with Gasteiger partial charge in [-0.2, -0.15) is 0 Å². The molecule has 0 radical (unpaired) electrons. The summed E-state index contributed by atoms with van der Waals surface area (Å²) >= 11 is 0. The van der Waals surface area contributed by atoms with E-state index in [0.717, 1.165) is 24.1 Å². The molecule has 1 aromatic carbocycles. The number of allylic oxidation sites excluding steroid dienone is 1. The number of carbonyl (C=O) groups is 2. The lowest BCUT2D eigenvalue weighted by atomic mass is 10.1. The first-order chi connectivity index (χ1) is 11.5. The smallest absolute Gasteiger partial charge is 0.315 e. The Kier molecular flexibility index (Phi) is 6.66. The molecule has 0 aromatic heterocycles. The summed E-state index contributed by atoms with van der Waals surface area (Å²) in [4.78, 5) is 23.6. The van der Waals surface area contributed by atoms with Gasteiger partial charge in [0.15, 0.2) is 0 Å². The molecule has 1 aliphatic heterocycles. The van der Waals surface area contributed by atoms with Crippen molar-refractivity contribution >= 4 is 17.6 Å². The van der Waals surface area contributed by atoms with E-state index in [4.69, 9.17) is 4.74 Å². The van der Waals surface area contributed by atoms with Crippen molar-refractivity contribution < 1.29 is 14.3 Å². The average molecular weight is 331 g/mol. The van der Waals surface area contributed by atoms with E-state index >= 15 is 0 Å². The largest absolute Gasteiger partial charge is 0.497 e. The lowest BCUT2D eigenvalue weighted by Gasteiger charge is -2.19. The molecule has 1 aromatic rings. The van der Waals surface area contributed by atoms with Gasteiger partial charge in [0.2, 0.25) is 5.91 Å². The Hall–Kier alpha value is -2.50. The molecule has 0 aliphatic carbocycles. The first kappa shape index (κ1) is 17.8. The van der Waals surface area contributed by atoms with Crippen molar-refractivity contribution in [3.8, 4) is 0 Å². The Balaban J connectivity index is 1.75. The zero-order chi connectivity index (χ0) is 17.4. The number of nitrogens with one attached hydrogen (secondary N) is 3. The molecule has 130 valence electrons. The second kappa shape index (κ2) is 8.96. The number of urea groups is 1. The van der Waals surface area contributed by atoms with E-state index < -0.39 is 0 Å². The van der Waals surface area contributed by atoms with Crippen molar-refractivity contribution in [1.82, 2.24) is 10.6 Å². The zero-order valence-electron chi connectivity index (χ0n) is 14.2. The summed E-state index contributed by atoms with van der Waals surface area (Å²) in [5.74, 6) is -0.103. The van der Waals surface area contributed by atoms with Gasteiger partial charge in [-0.25, -0.2) is 4.79 Å². The van der Waals surface area contributed by atoms with Gasteiger partial charge in [-0.3, -0.25) is 4.79 Å². The molecule has 0 saturated heterocycles. The van der Waals surface area contributed by atoms with Gasteiger partial charge in [0, 0.05) is 18.2 Å². The third kappa shape index (κ3) is 5.95. The fourth-order valence-electron chi connectivity index (χ4n) is 2.23. The summed E-state index contributed by atoms with van der Waals surface area (Å²) in [5, 5.41) is 8.46. The van der Waals surface area contributed by atoms with Crippen LogP contribution in [0.2, 0.25) is 0 Å². The highest BCUT2D eigenvalue weighted by atomic mass is 16.5. The molecule has 6 heteroatoms. The molecule has 3 N–H and O–H groups in total. The van der Waals surface area contributed by atoms with Gasteiger partial charge in [-0.15, -0.1) is 0 Å². The molecule has 1 atom stereocenters. The molecule has 24 heavy (non-hydrogen) atoms. The summed E-state index contributed by atoms with van der Waals surface area (Å²) in [6.07, 6.45) is 5.58. The topological polar surface area (TPSA) is 79.5 Å². The molecular formula is C18H25N3O3. The van der Waals surface area contributed by atoms with E-state index in [1.807, 2.05) is 44.2 Å². The van der Waals surface area contributed by atoms with Crippen LogP contribution in [-0.2, 0) is 16.1 Å². The van der Waals surface area contributed by atoms with Crippen molar-refractivity contribution in [3.05, 3.63) is 42.2 Å². The van der Waals surface area contributed by atoms with Crippen LogP contribution in [0.25, 0.3) is 0 Å². The SMILES string of the molecule is CC(C)C(=O)Nc1cccc(CNC(=O)NCC2CCC=CO2)c1. The maximum Gasteiger partial charge on any atom is 0.315 e. The van der Waals surface area contributed by atoms with Crippen LogP contribution in [-0.4, -0.2) is 24.6 Å². The van der Waals surface area contributed by atoms with Gasteiger partial charge in [0.25, 0.3) is 0 Å². The van der Waals surface area contributed by atoms with E-state index in [2.05, 4.69) is 16.0 Å². The van der Waals surface area contributed by atoms with E-state index in [-0.39, 0.29) is 24.0 Å². The van der Waals surface area contributed by atoms with Crippen molar-refractivity contribution in [1.29, 1.82) is 0 Å². The van der Waals surface area contributed by atoms with Gasteiger partial charge in [0.05, 0.1) is 12.8 Å². The number of carbonyl (C=O) groups excluding carboxylic acids is 2. The Bertz CT molecular complexity index is 599. The van der Waals surface area contributed by atoms with E-state index in [0.29, 0.717) is 13.1 Å². The molecule has 1 heterocycles. The van der Waals surface area contributed by atoms with Gasteiger partial charge >= 0.3 is 6.03 Å². The molecule has 0 saturated carbocycles. The summed E-state index contributed by atoms with van der Waals surface area (Å²) in [7, 11) is 0. The average Bonchev–Trinajstić information content (AvgIpc) is 2.59. The van der Waals surface area contributed by atoms with Crippen LogP contribution in [0, 0.1) is 5.92 Å². The Morgan fingerprint density at radius 2 is 2.12 bits per heavy atom. The number of ether oxygens (including phenoxy) is 1. The van der Waals surface area contributed by atoms with Crippen LogP contribution >= 0.6 is 0 Å². The van der Waals surface area contributed by atoms with E-state index in [9.17, 15) is 9.59 Å². The minimum atomic E-state index is -0.232. The summed E-state index contributed by atoms with van der Waals surface area (Å²) in [6.45, 7) is 4.57. The van der Waals surface area contributed by atoms with Crippen LogP contribution < -0.4 is 16.0 Å². The normalized spacial score (nSPS) is 16.4. The van der Waals surface area contributed by atoms with Crippen LogP contribution in [0.15, 0.2) is 36.6 Å². The van der Waals surface area contributed by atoms with Gasteiger partial charge < -0.3 is 20.7 Å². The van der Waals surface area contributed by atoms with Crippen LogP contribution in [0.5, 0.6) is 0 Å². The van der Waals surface area contributed by atoms with Gasteiger partial charge in [0.1, 0.15) is 6.10 Å². The molecule has 1 unspecified atom stereocenters. The van der Waals surface area contributed by atoms with Gasteiger partial charge in [-0.05, 0) is 36.6 Å². The highest BCUT2D eigenvalue weighted by Gasteiger charge is 2.12. The van der Waals surface area contributed by atoms with E-state index in [1.165, 1.54) is 0 Å². The third-order valence-corrected chi connectivity index (χ3v) is 3.68. The second-order valence-electron chi connectivity index (χ2n) is 6.12. The maximum absolute atomic E-state index is 11.8. The van der Waals surface area contributed by atoms with Crippen molar-refractivity contribution in [2.75, 3.05) is 11.9 Å². The number of benzene rings is 1. The molecule has 2 rings (SSSR count). The Labute approximate surface area is 142 Å². The predicted octanol–water partition coefficient (Wildman–Crippen LogP) is 2.77. The third-order valence-electron chi connectivity index (χ3n) is 3.68. The van der Waals surface area contributed by atoms with Gasteiger partial charge in [-0.1, -0.05) is 26.0 Å². The van der Waals surface area contributed by atoms with Crippen LogP contribution in [0.3, 0.4) is 0 Å². The summed E-state index contributed by atoms with van der Waals surface area (Å²) in [6, 6.07) is 7.21. The fourth-order valence-corrected chi connectivity index (χ4v) is 2.23. The molecule has 0 spiro atoms. The molecule has 0 fully saturated rings. The number of anilines is 1. The highest BCUT2D eigenvalue weighted by Crippen LogP contribution is 2.12.